The van der Waals surface area contributed by atoms with Gasteiger partial charge in [0.1, 0.15) is 0 Å². The summed E-state index contributed by atoms with van der Waals surface area (Å²) in [5, 5.41) is 2.16. The summed E-state index contributed by atoms with van der Waals surface area (Å²) >= 11 is 0. The van der Waals surface area contributed by atoms with E-state index in [1.165, 1.54) is 0 Å². The van der Waals surface area contributed by atoms with Gasteiger partial charge in [-0.05, 0) is 42.5 Å². The lowest BCUT2D eigenvalue weighted by atomic mass is 9.90. The lowest BCUT2D eigenvalue weighted by Crippen LogP contribution is -2.42. The van der Waals surface area contributed by atoms with Crippen molar-refractivity contribution < 1.29 is 4.79 Å². The third-order valence-electron chi connectivity index (χ3n) is 4.59. The maximum Gasteiger partial charge on any atom is 0.254 e. The van der Waals surface area contributed by atoms with Gasteiger partial charge in [-0.3, -0.25) is 4.79 Å². The molecule has 0 spiro atoms. The fourth-order valence-electron chi connectivity index (χ4n) is 3.21. The van der Waals surface area contributed by atoms with Crippen LogP contribution in [0.15, 0.2) is 42.5 Å². The molecule has 2 aromatic rings. The third-order valence-corrected chi connectivity index (χ3v) is 4.59. The number of halogens is 1. The van der Waals surface area contributed by atoms with Crippen molar-refractivity contribution in [2.24, 2.45) is 11.7 Å². The number of rotatable bonds is 2. The maximum atomic E-state index is 12.8. The van der Waals surface area contributed by atoms with Gasteiger partial charge in [-0.25, -0.2) is 0 Å². The van der Waals surface area contributed by atoms with Gasteiger partial charge in [0.05, 0.1) is 0 Å². The number of amides is 1. The molecule has 1 heterocycles. The number of carbonyl (C=O) groups is 1. The summed E-state index contributed by atoms with van der Waals surface area (Å²) in [7, 11) is 0. The molecule has 3 nitrogen and oxygen atoms in total. The Morgan fingerprint density at radius 2 is 1.77 bits per heavy atom. The zero-order valence-electron chi connectivity index (χ0n) is 12.9. The monoisotopic (exact) mass is 318 g/mol. The number of likely N-dealkylation sites (tertiary alicyclic amines) is 1. The van der Waals surface area contributed by atoms with Crippen LogP contribution < -0.4 is 5.73 Å². The van der Waals surface area contributed by atoms with E-state index < -0.39 is 0 Å². The van der Waals surface area contributed by atoms with E-state index in [4.69, 9.17) is 5.73 Å². The van der Waals surface area contributed by atoms with E-state index >= 15 is 0 Å². The maximum absolute atomic E-state index is 12.8. The van der Waals surface area contributed by atoms with E-state index in [0.29, 0.717) is 5.92 Å². The Bertz CT molecular complexity index is 643. The molecule has 22 heavy (non-hydrogen) atoms. The van der Waals surface area contributed by atoms with Crippen LogP contribution in [0.1, 0.15) is 30.1 Å². The lowest BCUT2D eigenvalue weighted by Gasteiger charge is -2.34. The molecule has 1 atom stereocenters. The van der Waals surface area contributed by atoms with Gasteiger partial charge in [-0.1, -0.05) is 36.4 Å². The molecule has 1 aliphatic rings. The second kappa shape index (κ2) is 7.12. The van der Waals surface area contributed by atoms with Crippen molar-refractivity contribution in [3.63, 3.8) is 0 Å². The minimum Gasteiger partial charge on any atom is -0.339 e. The highest BCUT2D eigenvalue weighted by molar-refractivity contribution is 6.07. The van der Waals surface area contributed by atoms with Crippen molar-refractivity contribution in [3.05, 3.63) is 48.0 Å². The van der Waals surface area contributed by atoms with Gasteiger partial charge in [-0.15, -0.1) is 12.4 Å². The Morgan fingerprint density at radius 1 is 1.14 bits per heavy atom. The highest BCUT2D eigenvalue weighted by atomic mass is 35.5. The summed E-state index contributed by atoms with van der Waals surface area (Å²) in [6, 6.07) is 14.2. The first-order chi connectivity index (χ1) is 10.2. The van der Waals surface area contributed by atoms with Gasteiger partial charge in [0.15, 0.2) is 0 Å². The van der Waals surface area contributed by atoms with Crippen molar-refractivity contribution in [2.45, 2.75) is 25.8 Å². The Morgan fingerprint density at radius 3 is 2.45 bits per heavy atom. The Balaban J connectivity index is 0.00000176. The fourth-order valence-corrected chi connectivity index (χ4v) is 3.21. The average Bonchev–Trinajstić information content (AvgIpc) is 2.53. The third kappa shape index (κ3) is 3.26. The largest absolute Gasteiger partial charge is 0.339 e. The van der Waals surface area contributed by atoms with Crippen molar-refractivity contribution >= 4 is 29.1 Å². The predicted molar refractivity (Wildman–Crippen MR) is 93.5 cm³/mol. The summed E-state index contributed by atoms with van der Waals surface area (Å²) in [5.41, 5.74) is 6.78. The van der Waals surface area contributed by atoms with E-state index in [-0.39, 0.29) is 24.4 Å². The molecule has 3 rings (SSSR count). The van der Waals surface area contributed by atoms with Crippen LogP contribution in [0.2, 0.25) is 0 Å². The number of fused-ring (bicyclic) bond motifs is 1. The zero-order valence-corrected chi connectivity index (χ0v) is 13.7. The summed E-state index contributed by atoms with van der Waals surface area (Å²) in [5.74, 6) is 0.691. The molecule has 4 heteroatoms. The number of nitrogens with two attached hydrogens (primary N) is 1. The topological polar surface area (TPSA) is 46.3 Å². The van der Waals surface area contributed by atoms with E-state index in [1.54, 1.807) is 0 Å². The molecule has 0 aliphatic carbocycles. The van der Waals surface area contributed by atoms with E-state index in [1.807, 2.05) is 35.2 Å². The summed E-state index contributed by atoms with van der Waals surface area (Å²) in [6.45, 7) is 3.69. The highest BCUT2D eigenvalue weighted by Gasteiger charge is 2.26. The summed E-state index contributed by atoms with van der Waals surface area (Å²) < 4.78 is 0. The molecule has 1 saturated heterocycles. The van der Waals surface area contributed by atoms with Crippen LogP contribution in [0.4, 0.5) is 0 Å². The second-order valence-electron chi connectivity index (χ2n) is 6.02. The van der Waals surface area contributed by atoms with Gasteiger partial charge in [0.2, 0.25) is 0 Å². The molecule has 0 radical (unpaired) electrons. The van der Waals surface area contributed by atoms with Gasteiger partial charge in [0, 0.05) is 24.7 Å². The quantitative estimate of drug-likeness (QED) is 0.921. The molecule has 0 bridgehead atoms. The van der Waals surface area contributed by atoms with E-state index in [2.05, 4.69) is 19.1 Å². The van der Waals surface area contributed by atoms with Crippen molar-refractivity contribution in [3.8, 4) is 0 Å². The van der Waals surface area contributed by atoms with Gasteiger partial charge < -0.3 is 10.6 Å². The van der Waals surface area contributed by atoms with Crippen LogP contribution in [-0.2, 0) is 0 Å². The van der Waals surface area contributed by atoms with E-state index in [9.17, 15) is 4.79 Å². The molecule has 0 saturated carbocycles. The summed E-state index contributed by atoms with van der Waals surface area (Å²) in [6.07, 6.45) is 2.02. The SMILES string of the molecule is CC(N)C1CCN(C(=O)c2cccc3ccccc23)CC1.Cl. The number of hydrogen-bond donors (Lipinski definition) is 1. The molecule has 118 valence electrons. The first-order valence-corrected chi connectivity index (χ1v) is 7.69. The van der Waals surface area contributed by atoms with Crippen LogP contribution in [-0.4, -0.2) is 29.9 Å². The van der Waals surface area contributed by atoms with Crippen LogP contribution in [0.3, 0.4) is 0 Å². The molecule has 1 unspecified atom stereocenters. The van der Waals surface area contributed by atoms with Gasteiger partial charge in [-0.2, -0.15) is 0 Å². The first-order valence-electron chi connectivity index (χ1n) is 7.69. The number of benzene rings is 2. The molecule has 1 aliphatic heterocycles. The average molecular weight is 319 g/mol. The van der Waals surface area contributed by atoms with E-state index in [0.717, 1.165) is 42.3 Å². The smallest absolute Gasteiger partial charge is 0.254 e. The van der Waals surface area contributed by atoms with Crippen LogP contribution in [0.5, 0.6) is 0 Å². The van der Waals surface area contributed by atoms with Gasteiger partial charge in [0.25, 0.3) is 5.91 Å². The standard InChI is InChI=1S/C18H22N2O.ClH/c1-13(19)14-9-11-20(12-10-14)18(21)17-8-4-6-15-5-2-3-7-16(15)17;/h2-8,13-14H,9-12,19H2,1H3;1H. The lowest BCUT2D eigenvalue weighted by molar-refractivity contribution is 0.0683. The fraction of sp³-hybridized carbons (Fsp3) is 0.389. The van der Waals surface area contributed by atoms with Crippen molar-refractivity contribution in [2.75, 3.05) is 13.1 Å². The Hall–Kier alpha value is -1.58. The number of piperidine rings is 1. The highest BCUT2D eigenvalue weighted by Crippen LogP contribution is 2.24. The molecule has 2 aromatic carbocycles. The van der Waals surface area contributed by atoms with Crippen LogP contribution in [0.25, 0.3) is 10.8 Å². The van der Waals surface area contributed by atoms with Crippen molar-refractivity contribution in [1.29, 1.82) is 0 Å². The number of hydrogen-bond acceptors (Lipinski definition) is 2. The Kier molecular flexibility index (Phi) is 5.43. The molecule has 2 N–H and O–H groups in total. The van der Waals surface area contributed by atoms with Gasteiger partial charge >= 0.3 is 0 Å². The molecule has 0 aromatic heterocycles. The minimum atomic E-state index is 0. The normalized spacial score (nSPS) is 17.1. The molecule has 1 fully saturated rings. The number of nitrogens with zero attached hydrogens (tertiary/aromatic N) is 1. The molecule has 1 amide bonds. The molecular formula is C18H23ClN2O. The van der Waals surface area contributed by atoms with Crippen LogP contribution in [0, 0.1) is 5.92 Å². The zero-order chi connectivity index (χ0) is 14.8. The Labute approximate surface area is 137 Å². The first kappa shape index (κ1) is 16.8. The summed E-state index contributed by atoms with van der Waals surface area (Å²) in [4.78, 5) is 14.8. The van der Waals surface area contributed by atoms with Crippen molar-refractivity contribution in [1.82, 2.24) is 4.90 Å². The molecular weight excluding hydrogens is 296 g/mol. The van der Waals surface area contributed by atoms with Crippen LogP contribution >= 0.6 is 12.4 Å². The number of carbonyl (C=O) groups excluding carboxylic acids is 1. The second-order valence-corrected chi connectivity index (χ2v) is 6.02. The minimum absolute atomic E-state index is 0. The predicted octanol–water partition coefficient (Wildman–Crippen LogP) is 3.46.